The molecular weight excluding hydrogens is 380 g/mol. The van der Waals surface area contributed by atoms with Gasteiger partial charge in [0, 0.05) is 43.4 Å². The predicted octanol–water partition coefficient (Wildman–Crippen LogP) is 2.69. The second kappa shape index (κ2) is 9.78. The lowest BCUT2D eigenvalue weighted by molar-refractivity contribution is 0.0599. The summed E-state index contributed by atoms with van der Waals surface area (Å²) in [6, 6.07) is 14.6. The number of nitrogens with zero attached hydrogens (tertiary/aromatic N) is 2. The van der Waals surface area contributed by atoms with Crippen molar-refractivity contribution in [1.82, 2.24) is 4.90 Å². The second-order valence-electron chi connectivity index (χ2n) is 6.75. The fourth-order valence-electron chi connectivity index (χ4n) is 3.21. The molecule has 1 fully saturated rings. The smallest absolute Gasteiger partial charge is 0.337 e. The highest BCUT2D eigenvalue weighted by atomic mass is 35.5. The van der Waals surface area contributed by atoms with E-state index in [1.54, 1.807) is 24.3 Å². The van der Waals surface area contributed by atoms with Gasteiger partial charge in [-0.05, 0) is 42.5 Å². The number of aliphatic hydroxyl groups excluding tert-OH is 1. The largest absolute Gasteiger partial charge is 0.491 e. The van der Waals surface area contributed by atoms with Crippen LogP contribution < -0.4 is 9.64 Å². The summed E-state index contributed by atoms with van der Waals surface area (Å²) in [5, 5.41) is 11.0. The van der Waals surface area contributed by atoms with Crippen molar-refractivity contribution in [2.45, 2.75) is 6.10 Å². The van der Waals surface area contributed by atoms with Gasteiger partial charge in [-0.25, -0.2) is 4.79 Å². The van der Waals surface area contributed by atoms with E-state index >= 15 is 0 Å². The van der Waals surface area contributed by atoms with E-state index < -0.39 is 6.10 Å². The van der Waals surface area contributed by atoms with E-state index in [4.69, 9.17) is 16.3 Å². The molecule has 1 saturated heterocycles. The van der Waals surface area contributed by atoms with Gasteiger partial charge in [0.1, 0.15) is 18.5 Å². The topological polar surface area (TPSA) is 62.2 Å². The lowest BCUT2D eigenvalue weighted by Gasteiger charge is -2.36. The number of hydrogen-bond acceptors (Lipinski definition) is 6. The van der Waals surface area contributed by atoms with Crippen molar-refractivity contribution < 1.29 is 19.4 Å². The fourth-order valence-corrected chi connectivity index (χ4v) is 3.39. The van der Waals surface area contributed by atoms with Gasteiger partial charge in [-0.2, -0.15) is 0 Å². The number of β-amino-alcohol motifs (C(OH)–C–C–N with tert-alkyl or cyclic N) is 1. The van der Waals surface area contributed by atoms with Crippen molar-refractivity contribution >= 4 is 23.3 Å². The SMILES string of the molecule is COC(=O)c1ccc(OCC(O)CN2CCN(c3cccc(Cl)c3)CC2)cc1. The number of ether oxygens (including phenoxy) is 2. The maximum Gasteiger partial charge on any atom is 0.337 e. The molecule has 150 valence electrons. The molecule has 0 spiro atoms. The summed E-state index contributed by atoms with van der Waals surface area (Å²) in [6.07, 6.45) is -0.585. The lowest BCUT2D eigenvalue weighted by atomic mass is 10.2. The zero-order chi connectivity index (χ0) is 19.9. The van der Waals surface area contributed by atoms with Crippen LogP contribution in [0.5, 0.6) is 5.75 Å². The molecule has 0 radical (unpaired) electrons. The fraction of sp³-hybridized carbons (Fsp3) is 0.381. The molecular formula is C21H25ClN2O4. The van der Waals surface area contributed by atoms with E-state index in [-0.39, 0.29) is 12.6 Å². The van der Waals surface area contributed by atoms with Crippen molar-refractivity contribution in [2.24, 2.45) is 0 Å². The Labute approximate surface area is 170 Å². The van der Waals surface area contributed by atoms with E-state index in [1.807, 2.05) is 18.2 Å². The van der Waals surface area contributed by atoms with Gasteiger partial charge in [-0.1, -0.05) is 17.7 Å². The first kappa shape index (κ1) is 20.5. The van der Waals surface area contributed by atoms with Crippen LogP contribution in [0.2, 0.25) is 5.02 Å². The van der Waals surface area contributed by atoms with Crippen molar-refractivity contribution in [3.63, 3.8) is 0 Å². The van der Waals surface area contributed by atoms with Crippen LogP contribution >= 0.6 is 11.6 Å². The number of benzene rings is 2. The molecule has 2 aromatic rings. The predicted molar refractivity (Wildman–Crippen MR) is 109 cm³/mol. The summed E-state index contributed by atoms with van der Waals surface area (Å²) >= 11 is 6.07. The number of methoxy groups -OCH3 is 1. The zero-order valence-electron chi connectivity index (χ0n) is 15.9. The highest BCUT2D eigenvalue weighted by Crippen LogP contribution is 2.21. The van der Waals surface area contributed by atoms with Gasteiger partial charge in [0.05, 0.1) is 12.7 Å². The van der Waals surface area contributed by atoms with Crippen molar-refractivity contribution in [1.29, 1.82) is 0 Å². The molecule has 0 aliphatic carbocycles. The van der Waals surface area contributed by atoms with Crippen LogP contribution in [0.3, 0.4) is 0 Å². The van der Waals surface area contributed by atoms with Crippen LogP contribution in [0, 0.1) is 0 Å². The highest BCUT2D eigenvalue weighted by molar-refractivity contribution is 6.30. The van der Waals surface area contributed by atoms with Crippen LogP contribution in [0.1, 0.15) is 10.4 Å². The molecule has 0 saturated carbocycles. The molecule has 7 heteroatoms. The molecule has 1 heterocycles. The van der Waals surface area contributed by atoms with Crippen LogP contribution in [0.15, 0.2) is 48.5 Å². The first-order chi connectivity index (χ1) is 13.5. The van der Waals surface area contributed by atoms with E-state index in [0.717, 1.165) is 36.9 Å². The highest BCUT2D eigenvalue weighted by Gasteiger charge is 2.20. The Hall–Kier alpha value is -2.28. The Morgan fingerprint density at radius 1 is 1.14 bits per heavy atom. The van der Waals surface area contributed by atoms with Gasteiger partial charge >= 0.3 is 5.97 Å². The van der Waals surface area contributed by atoms with Crippen molar-refractivity contribution in [3.05, 3.63) is 59.1 Å². The summed E-state index contributed by atoms with van der Waals surface area (Å²) in [5.41, 5.74) is 1.60. The van der Waals surface area contributed by atoms with Crippen LogP contribution in [-0.2, 0) is 4.74 Å². The third kappa shape index (κ3) is 5.61. The van der Waals surface area contributed by atoms with Crippen LogP contribution in [0.4, 0.5) is 5.69 Å². The summed E-state index contributed by atoms with van der Waals surface area (Å²) < 4.78 is 10.3. The van der Waals surface area contributed by atoms with Crippen molar-refractivity contribution in [3.8, 4) is 5.75 Å². The Morgan fingerprint density at radius 2 is 1.86 bits per heavy atom. The molecule has 0 aromatic heterocycles. The molecule has 0 amide bonds. The average Bonchev–Trinajstić information content (AvgIpc) is 2.72. The molecule has 6 nitrogen and oxygen atoms in total. The summed E-state index contributed by atoms with van der Waals surface area (Å²) in [4.78, 5) is 16.0. The Balaban J connectivity index is 1.41. The molecule has 2 aromatic carbocycles. The minimum absolute atomic E-state index is 0.200. The van der Waals surface area contributed by atoms with Gasteiger partial charge in [0.2, 0.25) is 0 Å². The number of carbonyl (C=O) groups excluding carboxylic acids is 1. The van der Waals surface area contributed by atoms with Crippen LogP contribution in [0.25, 0.3) is 0 Å². The molecule has 1 aliphatic heterocycles. The van der Waals surface area contributed by atoms with Crippen LogP contribution in [-0.4, -0.2) is 68.5 Å². The van der Waals surface area contributed by atoms with Gasteiger partial charge in [-0.15, -0.1) is 0 Å². The number of anilines is 1. The zero-order valence-corrected chi connectivity index (χ0v) is 16.6. The third-order valence-corrected chi connectivity index (χ3v) is 4.97. The summed E-state index contributed by atoms with van der Waals surface area (Å²) in [6.45, 7) is 4.29. The normalized spacial score (nSPS) is 15.9. The Kier molecular flexibility index (Phi) is 7.14. The van der Waals surface area contributed by atoms with Gasteiger partial charge < -0.3 is 19.5 Å². The van der Waals surface area contributed by atoms with Crippen molar-refractivity contribution in [2.75, 3.05) is 51.3 Å². The van der Waals surface area contributed by atoms with E-state index in [1.165, 1.54) is 7.11 Å². The quantitative estimate of drug-likeness (QED) is 0.716. The molecule has 1 atom stereocenters. The summed E-state index contributed by atoms with van der Waals surface area (Å²) in [7, 11) is 1.35. The standard InChI is InChI=1S/C21H25ClN2O4/c1-27-21(26)16-5-7-20(8-6-16)28-15-19(25)14-23-9-11-24(12-10-23)18-4-2-3-17(22)13-18/h2-8,13,19,25H,9-12,14-15H2,1H3. The van der Waals surface area contributed by atoms with Gasteiger partial charge in [-0.3, -0.25) is 4.90 Å². The van der Waals surface area contributed by atoms with E-state index in [0.29, 0.717) is 17.9 Å². The number of rotatable bonds is 7. The molecule has 1 N–H and O–H groups in total. The molecule has 3 rings (SSSR count). The number of carbonyl (C=O) groups is 1. The summed E-state index contributed by atoms with van der Waals surface area (Å²) in [5.74, 6) is 0.223. The molecule has 1 aliphatic rings. The number of halogens is 1. The lowest BCUT2D eigenvalue weighted by Crippen LogP contribution is -2.49. The van der Waals surface area contributed by atoms with Gasteiger partial charge in [0.25, 0.3) is 0 Å². The Bertz CT molecular complexity index is 776. The van der Waals surface area contributed by atoms with E-state index in [2.05, 4.69) is 20.6 Å². The average molecular weight is 405 g/mol. The first-order valence-corrected chi connectivity index (χ1v) is 9.65. The monoisotopic (exact) mass is 404 g/mol. The minimum atomic E-state index is -0.585. The minimum Gasteiger partial charge on any atom is -0.491 e. The second-order valence-corrected chi connectivity index (χ2v) is 7.18. The molecule has 0 bridgehead atoms. The third-order valence-electron chi connectivity index (χ3n) is 4.73. The molecule has 1 unspecified atom stereocenters. The van der Waals surface area contributed by atoms with E-state index in [9.17, 15) is 9.90 Å². The number of piperazine rings is 1. The molecule has 28 heavy (non-hydrogen) atoms. The van der Waals surface area contributed by atoms with Gasteiger partial charge in [0.15, 0.2) is 0 Å². The number of hydrogen-bond donors (Lipinski definition) is 1. The first-order valence-electron chi connectivity index (χ1n) is 9.27. The Morgan fingerprint density at radius 3 is 2.50 bits per heavy atom. The number of esters is 1. The maximum atomic E-state index is 11.4. The number of aliphatic hydroxyl groups is 1. The maximum absolute atomic E-state index is 11.4.